The van der Waals surface area contributed by atoms with Gasteiger partial charge in [0.1, 0.15) is 0 Å². The summed E-state index contributed by atoms with van der Waals surface area (Å²) in [4.78, 5) is 0.365. The van der Waals surface area contributed by atoms with E-state index in [1.165, 1.54) is 4.31 Å². The standard InChI is InChI=1S/C11H16BrNO2S/c1-2-9-13(10-8-12)16(14,15)11-6-4-3-5-7-11/h3-7H,2,8-10H2,1H3. The third kappa shape index (κ3) is 3.30. The number of nitrogens with zero attached hydrogens (tertiary/aromatic N) is 1. The molecule has 90 valence electrons. The fraction of sp³-hybridized carbons (Fsp3) is 0.455. The third-order valence-electron chi connectivity index (χ3n) is 2.19. The summed E-state index contributed by atoms with van der Waals surface area (Å²) in [6, 6.07) is 8.56. The topological polar surface area (TPSA) is 37.4 Å². The van der Waals surface area contributed by atoms with Gasteiger partial charge in [0.2, 0.25) is 10.0 Å². The van der Waals surface area contributed by atoms with Crippen LogP contribution in [-0.4, -0.2) is 31.1 Å². The van der Waals surface area contributed by atoms with E-state index in [4.69, 9.17) is 0 Å². The highest BCUT2D eigenvalue weighted by Gasteiger charge is 2.22. The van der Waals surface area contributed by atoms with Gasteiger partial charge in [0.25, 0.3) is 0 Å². The molecule has 0 aromatic heterocycles. The van der Waals surface area contributed by atoms with E-state index in [2.05, 4.69) is 15.9 Å². The predicted octanol–water partition coefficient (Wildman–Crippen LogP) is 2.48. The molecular formula is C11H16BrNO2S. The van der Waals surface area contributed by atoms with E-state index in [1.54, 1.807) is 24.3 Å². The van der Waals surface area contributed by atoms with Gasteiger partial charge in [-0.25, -0.2) is 8.42 Å². The van der Waals surface area contributed by atoms with Crippen LogP contribution >= 0.6 is 15.9 Å². The Hall–Kier alpha value is -0.390. The Bertz CT molecular complexity index is 399. The number of alkyl halides is 1. The number of hydrogen-bond acceptors (Lipinski definition) is 2. The van der Waals surface area contributed by atoms with Gasteiger partial charge in [0.15, 0.2) is 0 Å². The molecule has 0 radical (unpaired) electrons. The smallest absolute Gasteiger partial charge is 0.207 e. The average Bonchev–Trinajstić information content (AvgIpc) is 2.30. The van der Waals surface area contributed by atoms with Crippen molar-refractivity contribution in [1.29, 1.82) is 0 Å². The Morgan fingerprint density at radius 1 is 1.19 bits per heavy atom. The molecule has 0 aliphatic heterocycles. The van der Waals surface area contributed by atoms with Gasteiger partial charge < -0.3 is 0 Å². The Labute approximate surface area is 106 Å². The highest BCUT2D eigenvalue weighted by Crippen LogP contribution is 2.15. The van der Waals surface area contributed by atoms with E-state index in [9.17, 15) is 8.42 Å². The first-order valence-corrected chi connectivity index (χ1v) is 7.80. The van der Waals surface area contributed by atoms with Gasteiger partial charge in [0.05, 0.1) is 4.90 Å². The summed E-state index contributed by atoms with van der Waals surface area (Å²) >= 11 is 3.28. The molecule has 1 aromatic rings. The van der Waals surface area contributed by atoms with Crippen LogP contribution in [0.5, 0.6) is 0 Å². The van der Waals surface area contributed by atoms with Gasteiger partial charge in [-0.15, -0.1) is 0 Å². The van der Waals surface area contributed by atoms with Crippen LogP contribution in [0.15, 0.2) is 35.2 Å². The summed E-state index contributed by atoms with van der Waals surface area (Å²) in [6.07, 6.45) is 0.819. The van der Waals surface area contributed by atoms with Crippen molar-refractivity contribution in [3.8, 4) is 0 Å². The SMILES string of the molecule is CCCN(CCBr)S(=O)(=O)c1ccccc1. The number of hydrogen-bond donors (Lipinski definition) is 0. The molecular weight excluding hydrogens is 290 g/mol. The highest BCUT2D eigenvalue weighted by atomic mass is 79.9. The Morgan fingerprint density at radius 3 is 2.31 bits per heavy atom. The van der Waals surface area contributed by atoms with Gasteiger partial charge >= 0.3 is 0 Å². The first-order valence-electron chi connectivity index (χ1n) is 5.24. The summed E-state index contributed by atoms with van der Waals surface area (Å²) in [5.41, 5.74) is 0. The largest absolute Gasteiger partial charge is 0.243 e. The van der Waals surface area contributed by atoms with Crippen LogP contribution < -0.4 is 0 Å². The van der Waals surface area contributed by atoms with Gasteiger partial charge in [-0.05, 0) is 18.6 Å². The molecule has 0 N–H and O–H groups in total. The van der Waals surface area contributed by atoms with E-state index in [0.29, 0.717) is 23.3 Å². The second-order valence-corrected chi connectivity index (χ2v) is 6.14. The number of benzene rings is 1. The molecule has 3 nitrogen and oxygen atoms in total. The van der Waals surface area contributed by atoms with Gasteiger partial charge in [-0.1, -0.05) is 41.1 Å². The van der Waals surface area contributed by atoms with E-state index in [1.807, 2.05) is 13.0 Å². The van der Waals surface area contributed by atoms with Crippen molar-refractivity contribution in [3.05, 3.63) is 30.3 Å². The van der Waals surface area contributed by atoms with E-state index in [-0.39, 0.29) is 0 Å². The lowest BCUT2D eigenvalue weighted by Gasteiger charge is -2.20. The molecule has 5 heteroatoms. The first-order chi connectivity index (χ1) is 7.62. The molecule has 0 heterocycles. The third-order valence-corrected chi connectivity index (χ3v) is 4.46. The first kappa shape index (κ1) is 13.7. The monoisotopic (exact) mass is 305 g/mol. The van der Waals surface area contributed by atoms with Crippen molar-refractivity contribution >= 4 is 26.0 Å². The van der Waals surface area contributed by atoms with E-state index in [0.717, 1.165) is 6.42 Å². The summed E-state index contributed by atoms with van der Waals surface area (Å²) in [5, 5.41) is 0.652. The zero-order chi connectivity index (χ0) is 12.0. The molecule has 1 aromatic carbocycles. The van der Waals surface area contributed by atoms with Crippen molar-refractivity contribution in [2.24, 2.45) is 0 Å². The lowest BCUT2D eigenvalue weighted by Crippen LogP contribution is -2.33. The van der Waals surface area contributed by atoms with Crippen molar-refractivity contribution in [2.75, 3.05) is 18.4 Å². The van der Waals surface area contributed by atoms with Gasteiger partial charge in [-0.2, -0.15) is 4.31 Å². The zero-order valence-corrected chi connectivity index (χ0v) is 11.7. The van der Waals surface area contributed by atoms with Crippen LogP contribution in [-0.2, 0) is 10.0 Å². The second kappa shape index (κ2) is 6.37. The molecule has 0 saturated carbocycles. The molecule has 0 bridgehead atoms. The summed E-state index contributed by atoms with van der Waals surface area (Å²) in [6.45, 7) is 3.04. The Kier molecular flexibility index (Phi) is 5.44. The molecule has 0 aliphatic carbocycles. The number of sulfonamides is 1. The van der Waals surface area contributed by atoms with Crippen LogP contribution in [0.3, 0.4) is 0 Å². The van der Waals surface area contributed by atoms with E-state index < -0.39 is 10.0 Å². The van der Waals surface area contributed by atoms with Crippen LogP contribution in [0, 0.1) is 0 Å². The summed E-state index contributed by atoms with van der Waals surface area (Å²) in [7, 11) is -3.32. The van der Waals surface area contributed by atoms with Gasteiger partial charge in [0, 0.05) is 18.4 Å². The molecule has 16 heavy (non-hydrogen) atoms. The molecule has 0 unspecified atom stereocenters. The molecule has 1 rings (SSSR count). The minimum absolute atomic E-state index is 0.365. The van der Waals surface area contributed by atoms with Crippen LogP contribution in [0.25, 0.3) is 0 Å². The summed E-state index contributed by atoms with van der Waals surface area (Å²) < 4.78 is 25.9. The van der Waals surface area contributed by atoms with Crippen molar-refractivity contribution in [2.45, 2.75) is 18.2 Å². The van der Waals surface area contributed by atoms with Crippen LogP contribution in [0.4, 0.5) is 0 Å². The molecule has 0 spiro atoms. The number of rotatable bonds is 6. The maximum atomic E-state index is 12.2. The van der Waals surface area contributed by atoms with Crippen molar-refractivity contribution in [1.82, 2.24) is 4.31 Å². The fourth-order valence-corrected chi connectivity index (χ4v) is 3.65. The number of halogens is 1. The fourth-order valence-electron chi connectivity index (χ4n) is 1.44. The lowest BCUT2D eigenvalue weighted by molar-refractivity contribution is 0.430. The second-order valence-electron chi connectivity index (χ2n) is 3.41. The van der Waals surface area contributed by atoms with E-state index >= 15 is 0 Å². The Morgan fingerprint density at radius 2 is 1.81 bits per heavy atom. The molecule has 0 amide bonds. The molecule has 0 aliphatic rings. The summed E-state index contributed by atoms with van der Waals surface area (Å²) in [5.74, 6) is 0. The van der Waals surface area contributed by atoms with Crippen LogP contribution in [0.2, 0.25) is 0 Å². The predicted molar refractivity (Wildman–Crippen MR) is 69.3 cm³/mol. The molecule has 0 atom stereocenters. The molecule has 0 fully saturated rings. The highest BCUT2D eigenvalue weighted by molar-refractivity contribution is 9.09. The van der Waals surface area contributed by atoms with Crippen molar-refractivity contribution < 1.29 is 8.42 Å². The van der Waals surface area contributed by atoms with Crippen molar-refractivity contribution in [3.63, 3.8) is 0 Å². The minimum atomic E-state index is -3.32. The normalized spacial score (nSPS) is 11.9. The zero-order valence-electron chi connectivity index (χ0n) is 9.27. The van der Waals surface area contributed by atoms with Crippen LogP contribution in [0.1, 0.15) is 13.3 Å². The minimum Gasteiger partial charge on any atom is -0.207 e. The quantitative estimate of drug-likeness (QED) is 0.757. The Balaban J connectivity index is 2.98. The average molecular weight is 306 g/mol. The maximum Gasteiger partial charge on any atom is 0.243 e. The molecule has 0 saturated heterocycles. The lowest BCUT2D eigenvalue weighted by atomic mass is 10.4. The van der Waals surface area contributed by atoms with Gasteiger partial charge in [-0.3, -0.25) is 0 Å². The maximum absolute atomic E-state index is 12.2.